The van der Waals surface area contributed by atoms with Crippen LogP contribution in [0.25, 0.3) is 0 Å². The van der Waals surface area contributed by atoms with Crippen molar-refractivity contribution in [1.82, 2.24) is 15.5 Å². The number of hydrogen-bond donors (Lipinski definition) is 2. The number of aryl methyl sites for hydroxylation is 1. The van der Waals surface area contributed by atoms with Crippen molar-refractivity contribution in [3.05, 3.63) is 29.8 Å². The normalized spacial score (nSPS) is 11.4. The van der Waals surface area contributed by atoms with E-state index < -0.39 is 0 Å². The highest BCUT2D eigenvalue weighted by Crippen LogP contribution is 2.15. The molecule has 1 amide bonds. The molecule has 0 radical (unpaired) electrons. The predicted octanol–water partition coefficient (Wildman–Crippen LogP) is 2.04. The summed E-state index contributed by atoms with van der Waals surface area (Å²) < 4.78 is 5.84. The lowest BCUT2D eigenvalue weighted by Crippen LogP contribution is -2.41. The molecule has 0 atom stereocenters. The van der Waals surface area contributed by atoms with Crippen LogP contribution in [-0.4, -0.2) is 56.6 Å². The number of nitrogens with one attached hydrogen (secondary N) is 2. The van der Waals surface area contributed by atoms with Gasteiger partial charge in [0.05, 0.1) is 13.1 Å². The van der Waals surface area contributed by atoms with Gasteiger partial charge in [-0.2, -0.15) is 0 Å². The van der Waals surface area contributed by atoms with Crippen LogP contribution in [0.5, 0.6) is 5.75 Å². The first-order valence-electron chi connectivity index (χ1n) is 8.91. The highest BCUT2D eigenvalue weighted by molar-refractivity contribution is 5.80. The van der Waals surface area contributed by atoms with Gasteiger partial charge in [0, 0.05) is 26.1 Å². The van der Waals surface area contributed by atoms with Crippen LogP contribution < -0.4 is 15.4 Å². The topological polar surface area (TPSA) is 66.0 Å². The Morgan fingerprint density at radius 1 is 1.28 bits per heavy atom. The molecule has 0 unspecified atom stereocenters. The number of para-hydroxylation sites is 1. The maximum atomic E-state index is 11.5. The zero-order valence-corrected chi connectivity index (χ0v) is 16.1. The molecular formula is C19H32N4O2. The summed E-state index contributed by atoms with van der Waals surface area (Å²) in [5, 5.41) is 6.13. The maximum absolute atomic E-state index is 11.5. The average molecular weight is 348 g/mol. The summed E-state index contributed by atoms with van der Waals surface area (Å²) in [7, 11) is 1.98. The van der Waals surface area contributed by atoms with Gasteiger partial charge in [0.2, 0.25) is 5.91 Å². The minimum absolute atomic E-state index is 0.00141. The first-order chi connectivity index (χ1) is 12.0. The van der Waals surface area contributed by atoms with Gasteiger partial charge in [-0.3, -0.25) is 9.79 Å². The molecule has 0 saturated heterocycles. The quantitative estimate of drug-likeness (QED) is 0.407. The van der Waals surface area contributed by atoms with E-state index >= 15 is 0 Å². The zero-order chi connectivity index (χ0) is 18.7. The highest BCUT2D eigenvalue weighted by Gasteiger charge is 2.07. The SMILES string of the molecule is CCNC(=NCCNC(=O)C(C)C)N(C)CCOc1ccccc1C. The van der Waals surface area contributed by atoms with Gasteiger partial charge in [0.1, 0.15) is 12.4 Å². The number of ether oxygens (including phenoxy) is 1. The molecule has 0 saturated carbocycles. The highest BCUT2D eigenvalue weighted by atomic mass is 16.5. The lowest BCUT2D eigenvalue weighted by molar-refractivity contribution is -0.123. The Kier molecular flexibility index (Phi) is 9.43. The maximum Gasteiger partial charge on any atom is 0.222 e. The molecule has 0 bridgehead atoms. The van der Waals surface area contributed by atoms with Crippen molar-refractivity contribution >= 4 is 11.9 Å². The van der Waals surface area contributed by atoms with Gasteiger partial charge in [-0.15, -0.1) is 0 Å². The number of amides is 1. The van der Waals surface area contributed by atoms with Gasteiger partial charge in [-0.1, -0.05) is 32.0 Å². The van der Waals surface area contributed by atoms with Crippen molar-refractivity contribution in [2.75, 3.05) is 39.8 Å². The third kappa shape index (κ3) is 7.92. The van der Waals surface area contributed by atoms with E-state index in [0.717, 1.165) is 30.4 Å². The Labute approximate surface area is 151 Å². The van der Waals surface area contributed by atoms with Gasteiger partial charge < -0.3 is 20.3 Å². The molecule has 25 heavy (non-hydrogen) atoms. The first kappa shape index (κ1) is 20.8. The monoisotopic (exact) mass is 348 g/mol. The third-order valence-electron chi connectivity index (χ3n) is 3.67. The van der Waals surface area contributed by atoms with Crippen molar-refractivity contribution in [1.29, 1.82) is 0 Å². The van der Waals surface area contributed by atoms with E-state index in [1.165, 1.54) is 0 Å². The predicted molar refractivity (Wildman–Crippen MR) is 103 cm³/mol. The van der Waals surface area contributed by atoms with Crippen LogP contribution in [0, 0.1) is 12.8 Å². The number of carbonyl (C=O) groups is 1. The van der Waals surface area contributed by atoms with Crippen molar-refractivity contribution in [3.63, 3.8) is 0 Å². The van der Waals surface area contributed by atoms with E-state index in [-0.39, 0.29) is 11.8 Å². The lowest BCUT2D eigenvalue weighted by atomic mass is 10.2. The summed E-state index contributed by atoms with van der Waals surface area (Å²) in [4.78, 5) is 18.1. The summed E-state index contributed by atoms with van der Waals surface area (Å²) in [6, 6.07) is 7.99. The number of guanidine groups is 1. The Morgan fingerprint density at radius 2 is 2.00 bits per heavy atom. The molecular weight excluding hydrogens is 316 g/mol. The second-order valence-corrected chi connectivity index (χ2v) is 6.22. The van der Waals surface area contributed by atoms with Crippen molar-refractivity contribution in [3.8, 4) is 5.75 Å². The minimum atomic E-state index is -0.00141. The molecule has 0 aliphatic rings. The van der Waals surface area contributed by atoms with Gasteiger partial charge in [0.25, 0.3) is 0 Å². The molecule has 2 N–H and O–H groups in total. The molecule has 0 spiro atoms. The Balaban J connectivity index is 2.44. The smallest absolute Gasteiger partial charge is 0.222 e. The molecule has 1 aromatic carbocycles. The number of hydrogen-bond acceptors (Lipinski definition) is 3. The van der Waals surface area contributed by atoms with Crippen molar-refractivity contribution < 1.29 is 9.53 Å². The van der Waals surface area contributed by atoms with Crippen LogP contribution in [0.2, 0.25) is 0 Å². The first-order valence-corrected chi connectivity index (χ1v) is 8.91. The van der Waals surface area contributed by atoms with Crippen molar-refractivity contribution in [2.24, 2.45) is 10.9 Å². The van der Waals surface area contributed by atoms with E-state index in [0.29, 0.717) is 19.7 Å². The largest absolute Gasteiger partial charge is 0.491 e. The Bertz CT molecular complexity index is 558. The van der Waals surface area contributed by atoms with E-state index in [9.17, 15) is 4.79 Å². The molecule has 140 valence electrons. The number of likely N-dealkylation sites (N-methyl/N-ethyl adjacent to an activating group) is 1. The van der Waals surface area contributed by atoms with E-state index in [1.54, 1.807) is 0 Å². The molecule has 1 aromatic rings. The van der Waals surface area contributed by atoms with E-state index in [4.69, 9.17) is 4.74 Å². The van der Waals surface area contributed by atoms with Crippen molar-refractivity contribution in [2.45, 2.75) is 27.7 Å². The second-order valence-electron chi connectivity index (χ2n) is 6.22. The van der Waals surface area contributed by atoms with Gasteiger partial charge in [-0.25, -0.2) is 0 Å². The second kappa shape index (κ2) is 11.3. The van der Waals surface area contributed by atoms with Crippen LogP contribution >= 0.6 is 0 Å². The third-order valence-corrected chi connectivity index (χ3v) is 3.67. The van der Waals surface area contributed by atoms with Crippen LogP contribution in [0.4, 0.5) is 0 Å². The van der Waals surface area contributed by atoms with Crippen LogP contribution in [0.3, 0.4) is 0 Å². The number of benzene rings is 1. The van der Waals surface area contributed by atoms with Crippen LogP contribution in [-0.2, 0) is 4.79 Å². The van der Waals surface area contributed by atoms with Gasteiger partial charge >= 0.3 is 0 Å². The van der Waals surface area contributed by atoms with E-state index in [2.05, 4.69) is 15.6 Å². The number of nitrogens with zero attached hydrogens (tertiary/aromatic N) is 2. The standard InChI is InChI=1S/C19H32N4O2/c1-6-20-19(22-12-11-21-18(24)15(2)3)23(5)13-14-25-17-10-8-7-9-16(17)4/h7-10,15H,6,11-14H2,1-5H3,(H,20,22)(H,21,24). The van der Waals surface area contributed by atoms with Gasteiger partial charge in [-0.05, 0) is 25.5 Å². The molecule has 6 heteroatoms. The van der Waals surface area contributed by atoms with Gasteiger partial charge in [0.15, 0.2) is 5.96 Å². The van der Waals surface area contributed by atoms with Crippen LogP contribution in [0.15, 0.2) is 29.3 Å². The average Bonchev–Trinajstić information content (AvgIpc) is 2.58. The Hall–Kier alpha value is -2.24. The minimum Gasteiger partial charge on any atom is -0.491 e. The molecule has 1 rings (SSSR count). The summed E-state index contributed by atoms with van der Waals surface area (Å²) in [6.45, 7) is 11.0. The summed E-state index contributed by atoms with van der Waals surface area (Å²) >= 11 is 0. The number of aliphatic imine (C=N–C) groups is 1. The molecule has 0 heterocycles. The fraction of sp³-hybridized carbons (Fsp3) is 0.579. The summed E-state index contributed by atoms with van der Waals surface area (Å²) in [5.41, 5.74) is 1.13. The number of carbonyl (C=O) groups excluding carboxylic acids is 1. The van der Waals surface area contributed by atoms with Crippen LogP contribution in [0.1, 0.15) is 26.3 Å². The number of rotatable bonds is 9. The molecule has 0 aliphatic carbocycles. The zero-order valence-electron chi connectivity index (χ0n) is 16.1. The lowest BCUT2D eigenvalue weighted by Gasteiger charge is -2.22. The molecule has 6 nitrogen and oxygen atoms in total. The molecule has 0 aliphatic heterocycles. The van der Waals surface area contributed by atoms with E-state index in [1.807, 2.05) is 63.9 Å². The fourth-order valence-corrected chi connectivity index (χ4v) is 2.13. The fourth-order valence-electron chi connectivity index (χ4n) is 2.13. The Morgan fingerprint density at radius 3 is 2.64 bits per heavy atom. The molecule has 0 fully saturated rings. The summed E-state index contributed by atoms with van der Waals surface area (Å²) in [6.07, 6.45) is 0. The summed E-state index contributed by atoms with van der Waals surface area (Å²) in [5.74, 6) is 1.78. The molecule has 0 aromatic heterocycles.